The van der Waals surface area contributed by atoms with Crippen molar-refractivity contribution in [2.75, 3.05) is 30.7 Å². The van der Waals surface area contributed by atoms with Crippen molar-refractivity contribution >= 4 is 17.3 Å². The molecule has 0 saturated heterocycles. The summed E-state index contributed by atoms with van der Waals surface area (Å²) in [4.78, 5) is 14.2. The molecule has 0 aromatic heterocycles. The van der Waals surface area contributed by atoms with E-state index in [0.29, 0.717) is 12.2 Å². The lowest BCUT2D eigenvalue weighted by Crippen LogP contribution is -2.37. The zero-order valence-corrected chi connectivity index (χ0v) is 13.1. The van der Waals surface area contributed by atoms with Crippen molar-refractivity contribution < 1.29 is 4.79 Å². The molecule has 0 saturated carbocycles. The monoisotopic (exact) mass is 287 g/mol. The SMILES string of the molecule is CC(C)(C)C1=CCN(CC(=O)Nc2cccc(N)c2)CC1. The van der Waals surface area contributed by atoms with Gasteiger partial charge in [-0.1, -0.05) is 38.5 Å². The van der Waals surface area contributed by atoms with Gasteiger partial charge in [-0.25, -0.2) is 0 Å². The molecule has 4 heteroatoms. The third kappa shape index (κ3) is 4.60. The summed E-state index contributed by atoms with van der Waals surface area (Å²) in [6, 6.07) is 7.26. The molecule has 1 aromatic rings. The van der Waals surface area contributed by atoms with Crippen LogP contribution in [0.3, 0.4) is 0 Å². The predicted octanol–water partition coefficient (Wildman–Crippen LogP) is 2.89. The molecular weight excluding hydrogens is 262 g/mol. The number of nitrogen functional groups attached to an aromatic ring is 1. The number of carbonyl (C=O) groups is 1. The Morgan fingerprint density at radius 3 is 2.71 bits per heavy atom. The second kappa shape index (κ2) is 6.31. The number of anilines is 2. The minimum absolute atomic E-state index is 0.00760. The summed E-state index contributed by atoms with van der Waals surface area (Å²) < 4.78 is 0. The van der Waals surface area contributed by atoms with Crippen molar-refractivity contribution in [1.29, 1.82) is 0 Å². The molecule has 0 fully saturated rings. The summed E-state index contributed by atoms with van der Waals surface area (Å²) in [6.45, 7) is 8.91. The lowest BCUT2D eigenvalue weighted by Gasteiger charge is -2.31. The molecule has 1 aliphatic rings. The van der Waals surface area contributed by atoms with Gasteiger partial charge in [0.25, 0.3) is 0 Å². The van der Waals surface area contributed by atoms with Gasteiger partial charge in [0.15, 0.2) is 0 Å². The van der Waals surface area contributed by atoms with Gasteiger partial charge < -0.3 is 11.1 Å². The normalized spacial score (nSPS) is 16.4. The van der Waals surface area contributed by atoms with Crippen molar-refractivity contribution in [2.24, 2.45) is 5.41 Å². The van der Waals surface area contributed by atoms with Gasteiger partial charge >= 0.3 is 0 Å². The van der Waals surface area contributed by atoms with Crippen molar-refractivity contribution in [3.8, 4) is 0 Å². The summed E-state index contributed by atoms with van der Waals surface area (Å²) in [6.07, 6.45) is 3.30. The maximum atomic E-state index is 12.1. The number of hydrogen-bond acceptors (Lipinski definition) is 3. The summed E-state index contributed by atoms with van der Waals surface area (Å²) in [5.41, 5.74) is 8.83. The smallest absolute Gasteiger partial charge is 0.238 e. The number of nitrogens with zero attached hydrogens (tertiary/aromatic N) is 1. The van der Waals surface area contributed by atoms with Gasteiger partial charge in [-0.15, -0.1) is 0 Å². The van der Waals surface area contributed by atoms with Crippen LogP contribution in [0.5, 0.6) is 0 Å². The minimum Gasteiger partial charge on any atom is -0.399 e. The number of rotatable bonds is 3. The number of hydrogen-bond donors (Lipinski definition) is 2. The molecule has 0 radical (unpaired) electrons. The molecule has 2 rings (SSSR count). The van der Waals surface area contributed by atoms with Crippen LogP contribution in [0.15, 0.2) is 35.9 Å². The van der Waals surface area contributed by atoms with E-state index in [4.69, 9.17) is 5.73 Å². The molecule has 0 bridgehead atoms. The number of nitrogens with one attached hydrogen (secondary N) is 1. The fraction of sp³-hybridized carbons (Fsp3) is 0.471. The highest BCUT2D eigenvalue weighted by atomic mass is 16.2. The first-order valence-electron chi connectivity index (χ1n) is 7.42. The largest absolute Gasteiger partial charge is 0.399 e. The molecule has 114 valence electrons. The van der Waals surface area contributed by atoms with E-state index < -0.39 is 0 Å². The average Bonchev–Trinajstić information content (AvgIpc) is 2.38. The van der Waals surface area contributed by atoms with E-state index in [0.717, 1.165) is 25.2 Å². The Labute approximate surface area is 127 Å². The maximum Gasteiger partial charge on any atom is 0.238 e. The van der Waals surface area contributed by atoms with Gasteiger partial charge in [0, 0.05) is 24.5 Å². The highest BCUT2D eigenvalue weighted by molar-refractivity contribution is 5.92. The van der Waals surface area contributed by atoms with Crippen LogP contribution in [0.1, 0.15) is 27.2 Å². The van der Waals surface area contributed by atoms with Crippen LogP contribution >= 0.6 is 0 Å². The Bertz CT molecular complexity index is 543. The Morgan fingerprint density at radius 2 is 2.14 bits per heavy atom. The molecule has 0 spiro atoms. The van der Waals surface area contributed by atoms with Gasteiger partial charge in [-0.2, -0.15) is 0 Å². The molecule has 21 heavy (non-hydrogen) atoms. The highest BCUT2D eigenvalue weighted by Crippen LogP contribution is 2.29. The van der Waals surface area contributed by atoms with Gasteiger partial charge in [-0.05, 0) is 30.0 Å². The second-order valence-corrected chi connectivity index (χ2v) is 6.64. The molecule has 3 N–H and O–H groups in total. The van der Waals surface area contributed by atoms with Crippen molar-refractivity contribution in [3.63, 3.8) is 0 Å². The van der Waals surface area contributed by atoms with Crippen LogP contribution in [0.2, 0.25) is 0 Å². The van der Waals surface area contributed by atoms with Crippen molar-refractivity contribution in [2.45, 2.75) is 27.2 Å². The molecule has 1 aliphatic heterocycles. The van der Waals surface area contributed by atoms with E-state index in [1.165, 1.54) is 5.57 Å². The van der Waals surface area contributed by atoms with E-state index in [1.807, 2.05) is 12.1 Å². The minimum atomic E-state index is 0.00760. The standard InChI is InChI=1S/C17H25N3O/c1-17(2,3)13-7-9-20(10-8-13)12-16(21)19-15-6-4-5-14(18)11-15/h4-7,11H,8-10,12,18H2,1-3H3,(H,19,21). The summed E-state index contributed by atoms with van der Waals surface area (Å²) in [7, 11) is 0. The first-order chi connectivity index (χ1) is 9.84. The molecule has 0 atom stereocenters. The van der Waals surface area contributed by atoms with E-state index >= 15 is 0 Å². The van der Waals surface area contributed by atoms with Crippen LogP contribution in [0.25, 0.3) is 0 Å². The number of benzene rings is 1. The quantitative estimate of drug-likeness (QED) is 0.664. The van der Waals surface area contributed by atoms with Crippen molar-refractivity contribution in [1.82, 2.24) is 4.90 Å². The fourth-order valence-corrected chi connectivity index (χ4v) is 2.56. The zero-order chi connectivity index (χ0) is 15.5. The Balaban J connectivity index is 1.86. The van der Waals surface area contributed by atoms with E-state index in [1.54, 1.807) is 12.1 Å². The fourth-order valence-electron chi connectivity index (χ4n) is 2.56. The topological polar surface area (TPSA) is 58.4 Å². The predicted molar refractivity (Wildman–Crippen MR) is 88.1 cm³/mol. The van der Waals surface area contributed by atoms with E-state index in [2.05, 4.69) is 37.1 Å². The summed E-state index contributed by atoms with van der Waals surface area (Å²) >= 11 is 0. The van der Waals surface area contributed by atoms with Crippen molar-refractivity contribution in [3.05, 3.63) is 35.9 Å². The summed E-state index contributed by atoms with van der Waals surface area (Å²) in [5, 5.41) is 2.89. The molecule has 1 heterocycles. The first-order valence-corrected chi connectivity index (χ1v) is 7.42. The molecule has 0 aliphatic carbocycles. The Morgan fingerprint density at radius 1 is 1.38 bits per heavy atom. The number of nitrogens with two attached hydrogens (primary N) is 1. The number of amides is 1. The van der Waals surface area contributed by atoms with Gasteiger partial charge in [-0.3, -0.25) is 9.69 Å². The van der Waals surface area contributed by atoms with Gasteiger partial charge in [0.05, 0.1) is 6.54 Å². The molecule has 4 nitrogen and oxygen atoms in total. The number of carbonyl (C=O) groups excluding carboxylic acids is 1. The average molecular weight is 287 g/mol. The van der Waals surface area contributed by atoms with Crippen LogP contribution in [0, 0.1) is 5.41 Å². The Hall–Kier alpha value is -1.81. The van der Waals surface area contributed by atoms with Crippen LogP contribution < -0.4 is 11.1 Å². The first kappa shape index (κ1) is 15.6. The maximum absolute atomic E-state index is 12.1. The Kier molecular flexibility index (Phi) is 4.68. The highest BCUT2D eigenvalue weighted by Gasteiger charge is 2.22. The van der Waals surface area contributed by atoms with Gasteiger partial charge in [0.1, 0.15) is 0 Å². The van der Waals surface area contributed by atoms with E-state index in [9.17, 15) is 4.79 Å². The van der Waals surface area contributed by atoms with Gasteiger partial charge in [0.2, 0.25) is 5.91 Å². The second-order valence-electron chi connectivity index (χ2n) is 6.64. The third-order valence-electron chi connectivity index (χ3n) is 3.79. The summed E-state index contributed by atoms with van der Waals surface area (Å²) in [5.74, 6) is 0.00760. The van der Waals surface area contributed by atoms with Crippen LogP contribution in [-0.4, -0.2) is 30.4 Å². The van der Waals surface area contributed by atoms with E-state index in [-0.39, 0.29) is 11.3 Å². The molecular formula is C17H25N3O. The van der Waals surface area contributed by atoms with Crippen LogP contribution in [-0.2, 0) is 4.79 Å². The van der Waals surface area contributed by atoms with Crippen LogP contribution in [0.4, 0.5) is 11.4 Å². The zero-order valence-electron chi connectivity index (χ0n) is 13.1. The third-order valence-corrected chi connectivity index (χ3v) is 3.79. The molecule has 1 amide bonds. The molecule has 1 aromatic carbocycles. The molecule has 0 unspecified atom stereocenters. The lowest BCUT2D eigenvalue weighted by molar-refractivity contribution is -0.117. The lowest BCUT2D eigenvalue weighted by atomic mass is 9.83.